The molecule has 0 aliphatic rings. The van der Waals surface area contributed by atoms with Crippen LogP contribution in [0.15, 0.2) is 37.2 Å². The number of nitrogens with one attached hydrogen (secondary N) is 1. The molecular formula is C18H23N5O4. The maximum Gasteiger partial charge on any atom is 0.408 e. The van der Waals surface area contributed by atoms with Crippen LogP contribution in [-0.2, 0) is 11.8 Å². The monoisotopic (exact) mass is 373 g/mol. The van der Waals surface area contributed by atoms with Gasteiger partial charge >= 0.3 is 11.8 Å². The van der Waals surface area contributed by atoms with Crippen LogP contribution in [0.2, 0.25) is 0 Å². The number of nitro groups is 1. The highest BCUT2D eigenvalue weighted by atomic mass is 16.6. The van der Waals surface area contributed by atoms with Gasteiger partial charge in [0.15, 0.2) is 0 Å². The van der Waals surface area contributed by atoms with Gasteiger partial charge in [-0.3, -0.25) is 19.8 Å². The molecule has 0 aliphatic carbocycles. The molecule has 1 atom stereocenters. The highest BCUT2D eigenvalue weighted by molar-refractivity contribution is 5.70. The number of nitrogens with zero attached hydrogens (tertiary/aromatic N) is 4. The molecule has 2 aromatic heterocycles. The number of rotatable bonds is 6. The molecule has 0 spiro atoms. The Bertz CT molecular complexity index is 854. The van der Waals surface area contributed by atoms with E-state index in [-0.39, 0.29) is 5.69 Å². The van der Waals surface area contributed by atoms with E-state index >= 15 is 0 Å². The van der Waals surface area contributed by atoms with E-state index < -0.39 is 22.7 Å². The molecule has 0 aliphatic heterocycles. The Morgan fingerprint density at radius 2 is 2.22 bits per heavy atom. The number of hydrogen-bond acceptors (Lipinski definition) is 6. The largest absolute Gasteiger partial charge is 0.444 e. The number of ether oxygens (including phenoxy) is 1. The van der Waals surface area contributed by atoms with Crippen LogP contribution in [0.5, 0.6) is 0 Å². The van der Waals surface area contributed by atoms with E-state index in [2.05, 4.69) is 22.0 Å². The zero-order chi connectivity index (χ0) is 20.2. The number of amides is 1. The van der Waals surface area contributed by atoms with Gasteiger partial charge in [0, 0.05) is 18.8 Å². The number of hydrogen-bond donors (Lipinski definition) is 1. The van der Waals surface area contributed by atoms with Crippen molar-refractivity contribution in [2.75, 3.05) is 0 Å². The Balaban J connectivity index is 2.36. The number of aryl methyl sites for hydroxylation is 1. The second-order valence-corrected chi connectivity index (χ2v) is 6.95. The minimum absolute atomic E-state index is 0.102. The van der Waals surface area contributed by atoms with Gasteiger partial charge in [-0.2, -0.15) is 5.10 Å². The van der Waals surface area contributed by atoms with Gasteiger partial charge < -0.3 is 10.1 Å². The normalized spacial score (nSPS) is 12.3. The molecule has 2 heterocycles. The maximum atomic E-state index is 12.1. The molecule has 0 saturated heterocycles. The quantitative estimate of drug-likeness (QED) is 0.471. The third-order valence-corrected chi connectivity index (χ3v) is 3.62. The van der Waals surface area contributed by atoms with Crippen molar-refractivity contribution in [3.63, 3.8) is 0 Å². The minimum atomic E-state index is -0.632. The Kier molecular flexibility index (Phi) is 5.94. The second kappa shape index (κ2) is 7.98. The first-order valence-electron chi connectivity index (χ1n) is 8.35. The molecule has 2 aromatic rings. The van der Waals surface area contributed by atoms with Crippen LogP contribution in [-0.4, -0.2) is 31.4 Å². The number of aromatic nitrogens is 3. The van der Waals surface area contributed by atoms with Crippen molar-refractivity contribution in [2.24, 2.45) is 7.05 Å². The zero-order valence-corrected chi connectivity index (χ0v) is 15.8. The molecule has 1 N–H and O–H groups in total. The van der Waals surface area contributed by atoms with Crippen LogP contribution in [0.3, 0.4) is 0 Å². The van der Waals surface area contributed by atoms with Crippen molar-refractivity contribution in [1.82, 2.24) is 20.1 Å². The van der Waals surface area contributed by atoms with E-state index in [0.29, 0.717) is 23.4 Å². The predicted molar refractivity (Wildman–Crippen MR) is 100 cm³/mol. The number of alkyl carbamates (subject to hydrolysis) is 1. The van der Waals surface area contributed by atoms with E-state index in [1.807, 2.05) is 0 Å². The molecule has 1 unspecified atom stereocenters. The molecule has 0 fully saturated rings. The van der Waals surface area contributed by atoms with Crippen molar-refractivity contribution in [1.29, 1.82) is 0 Å². The number of carbonyl (C=O) groups is 1. The van der Waals surface area contributed by atoms with Crippen molar-refractivity contribution in [3.05, 3.63) is 53.0 Å². The van der Waals surface area contributed by atoms with E-state index in [1.54, 1.807) is 46.0 Å². The van der Waals surface area contributed by atoms with Crippen molar-refractivity contribution in [2.45, 2.75) is 38.8 Å². The standard InChI is InChI=1S/C18H23N5O4/c1-6-7-13(21-17(24)27-18(2,3)4)14-10-12(8-9-19-14)16-15(23(25)26)11-20-22(16)5/h6,8-11,13H,1,7H2,2-5H3,(H,21,24). The van der Waals surface area contributed by atoms with Crippen LogP contribution in [0.25, 0.3) is 11.3 Å². The summed E-state index contributed by atoms with van der Waals surface area (Å²) in [5, 5.41) is 18.0. The van der Waals surface area contributed by atoms with Gasteiger partial charge in [0.25, 0.3) is 0 Å². The molecule has 27 heavy (non-hydrogen) atoms. The van der Waals surface area contributed by atoms with Crippen molar-refractivity contribution in [3.8, 4) is 11.3 Å². The van der Waals surface area contributed by atoms with E-state index in [4.69, 9.17) is 4.74 Å². The first-order valence-corrected chi connectivity index (χ1v) is 8.35. The second-order valence-electron chi connectivity index (χ2n) is 6.95. The third-order valence-electron chi connectivity index (χ3n) is 3.62. The van der Waals surface area contributed by atoms with Crippen LogP contribution in [0.1, 0.15) is 38.9 Å². The van der Waals surface area contributed by atoms with Crippen LogP contribution in [0.4, 0.5) is 10.5 Å². The summed E-state index contributed by atoms with van der Waals surface area (Å²) in [6, 6.07) is 2.87. The summed E-state index contributed by atoms with van der Waals surface area (Å²) in [4.78, 5) is 27.2. The lowest BCUT2D eigenvalue weighted by atomic mass is 10.1. The lowest BCUT2D eigenvalue weighted by Crippen LogP contribution is -2.35. The van der Waals surface area contributed by atoms with Gasteiger partial charge in [0.2, 0.25) is 0 Å². The average Bonchev–Trinajstić information content (AvgIpc) is 2.95. The first kappa shape index (κ1) is 20.1. The van der Waals surface area contributed by atoms with Gasteiger partial charge in [0.05, 0.1) is 16.7 Å². The number of pyridine rings is 1. The molecule has 1 amide bonds. The van der Waals surface area contributed by atoms with Crippen molar-refractivity contribution >= 4 is 11.8 Å². The zero-order valence-electron chi connectivity index (χ0n) is 15.8. The molecule has 0 radical (unpaired) electrons. The third kappa shape index (κ3) is 5.13. The van der Waals surface area contributed by atoms with Crippen LogP contribution in [0, 0.1) is 10.1 Å². The first-order chi connectivity index (χ1) is 12.6. The lowest BCUT2D eigenvalue weighted by molar-refractivity contribution is -0.384. The Morgan fingerprint density at radius 1 is 1.52 bits per heavy atom. The fourth-order valence-corrected chi connectivity index (χ4v) is 2.55. The predicted octanol–water partition coefficient (Wildman–Crippen LogP) is 3.53. The highest BCUT2D eigenvalue weighted by Gasteiger charge is 2.24. The number of carbonyl (C=O) groups excluding carboxylic acids is 1. The molecule has 9 heteroatoms. The molecule has 0 aromatic carbocycles. The summed E-state index contributed by atoms with van der Waals surface area (Å²) < 4.78 is 6.72. The van der Waals surface area contributed by atoms with Crippen LogP contribution < -0.4 is 5.32 Å². The summed E-state index contributed by atoms with van der Waals surface area (Å²) in [5.41, 5.74) is 0.738. The molecule has 9 nitrogen and oxygen atoms in total. The van der Waals surface area contributed by atoms with Gasteiger partial charge in [-0.1, -0.05) is 6.08 Å². The molecule has 0 bridgehead atoms. The maximum absolute atomic E-state index is 12.1. The fourth-order valence-electron chi connectivity index (χ4n) is 2.55. The lowest BCUT2D eigenvalue weighted by Gasteiger charge is -2.23. The molecule has 144 valence electrons. The minimum Gasteiger partial charge on any atom is -0.444 e. The van der Waals surface area contributed by atoms with Crippen molar-refractivity contribution < 1.29 is 14.5 Å². The Morgan fingerprint density at radius 3 is 2.81 bits per heavy atom. The summed E-state index contributed by atoms with van der Waals surface area (Å²) in [5.74, 6) is 0. The molecule has 0 saturated carbocycles. The van der Waals surface area contributed by atoms with Gasteiger partial charge in [-0.05, 0) is 39.3 Å². The summed E-state index contributed by atoms with van der Waals surface area (Å²) in [6.07, 6.45) is 4.24. The van der Waals surface area contributed by atoms with E-state index in [1.165, 1.54) is 17.1 Å². The SMILES string of the molecule is C=CCC(NC(=O)OC(C)(C)C)c1cc(-c2c([N+](=O)[O-])cnn2C)ccn1. The highest BCUT2D eigenvalue weighted by Crippen LogP contribution is 2.30. The average molecular weight is 373 g/mol. The molecule has 2 rings (SSSR count). The molecular weight excluding hydrogens is 350 g/mol. The smallest absolute Gasteiger partial charge is 0.408 e. The van der Waals surface area contributed by atoms with E-state index in [9.17, 15) is 14.9 Å². The summed E-state index contributed by atoms with van der Waals surface area (Å²) in [7, 11) is 1.63. The van der Waals surface area contributed by atoms with Crippen LogP contribution >= 0.6 is 0 Å². The van der Waals surface area contributed by atoms with Gasteiger partial charge in [-0.15, -0.1) is 6.58 Å². The van der Waals surface area contributed by atoms with E-state index in [0.717, 1.165) is 0 Å². The Labute approximate surface area is 157 Å². The Hall–Kier alpha value is -3.23. The summed E-state index contributed by atoms with van der Waals surface area (Å²) >= 11 is 0. The fraction of sp³-hybridized carbons (Fsp3) is 0.389. The summed E-state index contributed by atoms with van der Waals surface area (Å²) in [6.45, 7) is 9.03. The van der Waals surface area contributed by atoms with Gasteiger partial charge in [-0.25, -0.2) is 4.79 Å². The van der Waals surface area contributed by atoms with Gasteiger partial charge in [0.1, 0.15) is 17.5 Å². The topological polar surface area (TPSA) is 112 Å².